The average molecular weight is 224 g/mol. The molecule has 0 unspecified atom stereocenters. The molecule has 0 amide bonds. The lowest BCUT2D eigenvalue weighted by molar-refractivity contribution is -0.150. The van der Waals surface area contributed by atoms with Crippen LogP contribution < -0.4 is 9.47 Å². The average Bonchev–Trinajstić information content (AvgIpc) is 2.29. The van der Waals surface area contributed by atoms with Crippen molar-refractivity contribution in [3.8, 4) is 11.5 Å². The monoisotopic (exact) mass is 224 g/mol. The lowest BCUT2D eigenvalue weighted by Gasteiger charge is -2.13. The van der Waals surface area contributed by atoms with Crippen LogP contribution in [0.15, 0.2) is 24.3 Å². The molecule has 0 fully saturated rings. The van der Waals surface area contributed by atoms with Gasteiger partial charge >= 0.3 is 5.97 Å². The maximum Gasteiger partial charge on any atom is 0.347 e. The molecule has 1 atom stereocenters. The third kappa shape index (κ3) is 3.46. The van der Waals surface area contributed by atoms with E-state index in [4.69, 9.17) is 14.2 Å². The first kappa shape index (κ1) is 12.4. The lowest BCUT2D eigenvalue weighted by Crippen LogP contribution is -2.26. The topological polar surface area (TPSA) is 44.8 Å². The van der Waals surface area contributed by atoms with Gasteiger partial charge in [0.1, 0.15) is 11.5 Å². The number of hydrogen-bond acceptors (Lipinski definition) is 4. The highest BCUT2D eigenvalue weighted by Gasteiger charge is 2.15. The molecular formula is C12H16O4. The van der Waals surface area contributed by atoms with E-state index in [1.807, 2.05) is 6.07 Å². The van der Waals surface area contributed by atoms with Gasteiger partial charge in [-0.15, -0.1) is 0 Å². The van der Waals surface area contributed by atoms with Crippen molar-refractivity contribution in [1.82, 2.24) is 0 Å². The number of methoxy groups -OCH3 is 1. The van der Waals surface area contributed by atoms with Crippen LogP contribution in [0.25, 0.3) is 0 Å². The molecule has 16 heavy (non-hydrogen) atoms. The second-order valence-corrected chi connectivity index (χ2v) is 3.19. The zero-order chi connectivity index (χ0) is 12.0. The van der Waals surface area contributed by atoms with Crippen LogP contribution in [0, 0.1) is 0 Å². The quantitative estimate of drug-likeness (QED) is 0.718. The Morgan fingerprint density at radius 2 is 2.06 bits per heavy atom. The molecule has 0 saturated heterocycles. The van der Waals surface area contributed by atoms with Crippen molar-refractivity contribution in [2.24, 2.45) is 0 Å². The van der Waals surface area contributed by atoms with E-state index in [0.717, 1.165) is 0 Å². The zero-order valence-electron chi connectivity index (χ0n) is 9.73. The van der Waals surface area contributed by atoms with Gasteiger partial charge in [-0.05, 0) is 26.0 Å². The predicted octanol–water partition coefficient (Wildman–Crippen LogP) is 2.03. The Kier molecular flexibility index (Phi) is 4.64. The largest absolute Gasteiger partial charge is 0.497 e. The molecule has 4 heteroatoms. The van der Waals surface area contributed by atoms with Crippen LogP contribution in [0.1, 0.15) is 13.8 Å². The number of ether oxygens (including phenoxy) is 3. The van der Waals surface area contributed by atoms with Crippen molar-refractivity contribution < 1.29 is 19.0 Å². The van der Waals surface area contributed by atoms with E-state index in [1.54, 1.807) is 39.2 Å². The minimum Gasteiger partial charge on any atom is -0.497 e. The summed E-state index contributed by atoms with van der Waals surface area (Å²) in [4.78, 5) is 11.3. The minimum absolute atomic E-state index is 0.352. The van der Waals surface area contributed by atoms with Crippen LogP contribution in [-0.4, -0.2) is 25.8 Å². The zero-order valence-corrected chi connectivity index (χ0v) is 9.73. The second-order valence-electron chi connectivity index (χ2n) is 3.19. The van der Waals surface area contributed by atoms with Gasteiger partial charge in [0.05, 0.1) is 13.7 Å². The number of hydrogen-bond donors (Lipinski definition) is 0. The molecule has 0 saturated carbocycles. The van der Waals surface area contributed by atoms with Crippen molar-refractivity contribution in [3.63, 3.8) is 0 Å². The van der Waals surface area contributed by atoms with Crippen molar-refractivity contribution in [2.75, 3.05) is 13.7 Å². The van der Waals surface area contributed by atoms with E-state index < -0.39 is 6.10 Å². The Labute approximate surface area is 95.1 Å². The molecule has 0 radical (unpaired) electrons. The molecule has 0 aliphatic rings. The molecule has 0 aliphatic heterocycles. The van der Waals surface area contributed by atoms with E-state index in [0.29, 0.717) is 18.1 Å². The Morgan fingerprint density at radius 3 is 2.69 bits per heavy atom. The number of rotatable bonds is 5. The summed E-state index contributed by atoms with van der Waals surface area (Å²) in [5.41, 5.74) is 0. The fraction of sp³-hybridized carbons (Fsp3) is 0.417. The highest BCUT2D eigenvalue weighted by molar-refractivity contribution is 5.74. The van der Waals surface area contributed by atoms with Gasteiger partial charge in [0.15, 0.2) is 6.10 Å². The fourth-order valence-corrected chi connectivity index (χ4v) is 1.19. The van der Waals surface area contributed by atoms with Crippen molar-refractivity contribution in [1.29, 1.82) is 0 Å². The molecule has 0 spiro atoms. The van der Waals surface area contributed by atoms with Crippen LogP contribution in [0.3, 0.4) is 0 Å². The van der Waals surface area contributed by atoms with Crippen LogP contribution in [0.5, 0.6) is 11.5 Å². The fourth-order valence-electron chi connectivity index (χ4n) is 1.19. The van der Waals surface area contributed by atoms with Gasteiger partial charge in [0, 0.05) is 6.07 Å². The second kappa shape index (κ2) is 6.00. The highest BCUT2D eigenvalue weighted by Crippen LogP contribution is 2.20. The van der Waals surface area contributed by atoms with E-state index in [1.165, 1.54) is 0 Å². The number of esters is 1. The molecule has 1 aromatic carbocycles. The smallest absolute Gasteiger partial charge is 0.347 e. The van der Waals surface area contributed by atoms with Crippen LogP contribution >= 0.6 is 0 Å². The third-order valence-corrected chi connectivity index (χ3v) is 1.97. The first-order valence-electron chi connectivity index (χ1n) is 5.14. The molecule has 0 N–H and O–H groups in total. The lowest BCUT2D eigenvalue weighted by atomic mass is 10.3. The molecule has 0 aromatic heterocycles. The van der Waals surface area contributed by atoms with E-state index in [9.17, 15) is 4.79 Å². The van der Waals surface area contributed by atoms with Gasteiger partial charge in [-0.3, -0.25) is 0 Å². The number of carbonyl (C=O) groups is 1. The van der Waals surface area contributed by atoms with Crippen LogP contribution in [0.4, 0.5) is 0 Å². The summed E-state index contributed by atoms with van der Waals surface area (Å²) >= 11 is 0. The normalized spacial score (nSPS) is 11.7. The Hall–Kier alpha value is -1.71. The maximum absolute atomic E-state index is 11.3. The summed E-state index contributed by atoms with van der Waals surface area (Å²) in [6, 6.07) is 7.09. The van der Waals surface area contributed by atoms with Gasteiger partial charge in [0.25, 0.3) is 0 Å². The number of benzene rings is 1. The summed E-state index contributed by atoms with van der Waals surface area (Å²) in [6.07, 6.45) is -0.618. The molecule has 0 heterocycles. The Morgan fingerprint density at radius 1 is 1.38 bits per heavy atom. The van der Waals surface area contributed by atoms with Crippen molar-refractivity contribution in [3.05, 3.63) is 24.3 Å². The van der Waals surface area contributed by atoms with Gasteiger partial charge in [0.2, 0.25) is 0 Å². The molecule has 0 bridgehead atoms. The summed E-state index contributed by atoms with van der Waals surface area (Å²) in [7, 11) is 1.58. The van der Waals surface area contributed by atoms with E-state index >= 15 is 0 Å². The van der Waals surface area contributed by atoms with E-state index in [-0.39, 0.29) is 5.97 Å². The van der Waals surface area contributed by atoms with Gasteiger partial charge in [-0.25, -0.2) is 4.79 Å². The SMILES string of the molecule is CCOC(=O)[C@@H](C)Oc1cccc(OC)c1. The summed E-state index contributed by atoms with van der Waals surface area (Å²) in [5.74, 6) is 0.902. The third-order valence-electron chi connectivity index (χ3n) is 1.97. The summed E-state index contributed by atoms with van der Waals surface area (Å²) in [5, 5.41) is 0. The Bertz CT molecular complexity index is 349. The molecule has 88 valence electrons. The molecule has 1 aromatic rings. The molecular weight excluding hydrogens is 208 g/mol. The van der Waals surface area contributed by atoms with Crippen LogP contribution in [-0.2, 0) is 9.53 Å². The molecule has 1 rings (SSSR count). The first-order valence-corrected chi connectivity index (χ1v) is 5.14. The highest BCUT2D eigenvalue weighted by atomic mass is 16.6. The van der Waals surface area contributed by atoms with Gasteiger partial charge in [-0.2, -0.15) is 0 Å². The molecule has 4 nitrogen and oxygen atoms in total. The summed E-state index contributed by atoms with van der Waals surface area (Å²) in [6.45, 7) is 3.76. The first-order chi connectivity index (χ1) is 7.67. The van der Waals surface area contributed by atoms with E-state index in [2.05, 4.69) is 0 Å². The number of carbonyl (C=O) groups excluding carboxylic acids is 1. The van der Waals surface area contributed by atoms with Crippen molar-refractivity contribution in [2.45, 2.75) is 20.0 Å². The van der Waals surface area contributed by atoms with Crippen LogP contribution in [0.2, 0.25) is 0 Å². The van der Waals surface area contributed by atoms with Gasteiger partial charge < -0.3 is 14.2 Å². The minimum atomic E-state index is -0.618. The predicted molar refractivity (Wildman–Crippen MR) is 59.7 cm³/mol. The Balaban J connectivity index is 2.61. The maximum atomic E-state index is 11.3. The van der Waals surface area contributed by atoms with Gasteiger partial charge in [-0.1, -0.05) is 6.07 Å². The standard InChI is InChI=1S/C12H16O4/c1-4-15-12(13)9(2)16-11-7-5-6-10(8-11)14-3/h5-9H,4H2,1-3H3/t9-/m1/s1. The summed E-state index contributed by atoms with van der Waals surface area (Å²) < 4.78 is 15.3. The molecule has 0 aliphatic carbocycles. The van der Waals surface area contributed by atoms with Crippen molar-refractivity contribution >= 4 is 5.97 Å².